The Morgan fingerprint density at radius 1 is 1.03 bits per heavy atom. The van der Waals surface area contributed by atoms with Gasteiger partial charge in [0.05, 0.1) is 21.8 Å². The third kappa shape index (κ3) is 3.09. The highest BCUT2D eigenvalue weighted by atomic mass is 32.2. The summed E-state index contributed by atoms with van der Waals surface area (Å²) in [7, 11) is -3.77. The monoisotopic (exact) mass is 428 g/mol. The molecule has 156 valence electrons. The fraction of sp³-hybridized carbons (Fsp3) is 0.333. The molecule has 2 aliphatic heterocycles. The third-order valence-corrected chi connectivity index (χ3v) is 7.75. The Bertz CT molecular complexity index is 1220. The van der Waals surface area contributed by atoms with Crippen LogP contribution in [0.25, 0.3) is 11.0 Å². The van der Waals surface area contributed by atoms with Crippen molar-refractivity contribution in [3.05, 3.63) is 54.3 Å². The van der Waals surface area contributed by atoms with E-state index < -0.39 is 21.8 Å². The van der Waals surface area contributed by atoms with E-state index in [9.17, 15) is 17.6 Å². The van der Waals surface area contributed by atoms with Crippen LogP contribution in [0, 0.1) is 11.7 Å². The average molecular weight is 428 g/mol. The molecule has 0 N–H and O–H groups in total. The number of anilines is 1. The number of para-hydroxylation sites is 2. The molecule has 1 aromatic heterocycles. The molecule has 0 bridgehead atoms. The lowest BCUT2D eigenvalue weighted by molar-refractivity contribution is -0.123. The summed E-state index contributed by atoms with van der Waals surface area (Å²) in [5.74, 6) is -0.388. The SMILES string of the molecule is O=C([C@@H]1CCCN(S(=O)(=O)c2ccc(F)cc2)C1)N1CCn2c1nc1ccccc12. The van der Waals surface area contributed by atoms with Gasteiger partial charge in [0.2, 0.25) is 21.9 Å². The van der Waals surface area contributed by atoms with Crippen molar-refractivity contribution >= 4 is 32.9 Å². The van der Waals surface area contributed by atoms with Crippen LogP contribution in [-0.4, -0.2) is 47.8 Å². The number of sulfonamides is 1. The number of amides is 1. The Kier molecular flexibility index (Phi) is 4.59. The molecule has 2 aromatic carbocycles. The average Bonchev–Trinajstić information content (AvgIpc) is 3.33. The van der Waals surface area contributed by atoms with Gasteiger partial charge in [0.25, 0.3) is 0 Å². The van der Waals surface area contributed by atoms with Gasteiger partial charge in [-0.2, -0.15) is 4.31 Å². The van der Waals surface area contributed by atoms with Crippen molar-refractivity contribution in [2.75, 3.05) is 24.5 Å². The molecule has 9 heteroatoms. The molecule has 1 atom stereocenters. The number of hydrogen-bond donors (Lipinski definition) is 0. The van der Waals surface area contributed by atoms with Crippen LogP contribution in [0.3, 0.4) is 0 Å². The van der Waals surface area contributed by atoms with E-state index in [2.05, 4.69) is 4.98 Å². The lowest BCUT2D eigenvalue weighted by Crippen LogP contribution is -2.46. The number of fused-ring (bicyclic) bond motifs is 3. The first-order chi connectivity index (χ1) is 14.4. The first-order valence-electron chi connectivity index (χ1n) is 9.97. The van der Waals surface area contributed by atoms with Crippen molar-refractivity contribution in [1.82, 2.24) is 13.9 Å². The number of imidazole rings is 1. The number of aromatic nitrogens is 2. The van der Waals surface area contributed by atoms with Crippen LogP contribution < -0.4 is 4.90 Å². The lowest BCUT2D eigenvalue weighted by atomic mass is 9.98. The van der Waals surface area contributed by atoms with Crippen LogP contribution in [0.4, 0.5) is 10.3 Å². The number of piperidine rings is 1. The molecule has 7 nitrogen and oxygen atoms in total. The minimum atomic E-state index is -3.77. The smallest absolute Gasteiger partial charge is 0.243 e. The summed E-state index contributed by atoms with van der Waals surface area (Å²) in [6.45, 7) is 1.68. The van der Waals surface area contributed by atoms with Gasteiger partial charge < -0.3 is 4.57 Å². The molecule has 5 rings (SSSR count). The number of carbonyl (C=O) groups is 1. The Balaban J connectivity index is 1.38. The van der Waals surface area contributed by atoms with Crippen molar-refractivity contribution < 1.29 is 17.6 Å². The summed E-state index contributed by atoms with van der Waals surface area (Å²) in [6, 6.07) is 12.6. The minimum absolute atomic E-state index is 0.0416. The van der Waals surface area contributed by atoms with E-state index in [0.29, 0.717) is 38.4 Å². The Labute approximate surface area is 173 Å². The molecule has 30 heavy (non-hydrogen) atoms. The van der Waals surface area contributed by atoms with Crippen molar-refractivity contribution in [2.24, 2.45) is 5.92 Å². The Morgan fingerprint density at radius 2 is 1.80 bits per heavy atom. The minimum Gasteiger partial charge on any atom is -0.308 e. The van der Waals surface area contributed by atoms with Crippen molar-refractivity contribution in [3.63, 3.8) is 0 Å². The molecule has 1 amide bonds. The fourth-order valence-electron chi connectivity index (χ4n) is 4.34. The number of halogens is 1. The first-order valence-corrected chi connectivity index (χ1v) is 11.4. The number of rotatable bonds is 3. The van der Waals surface area contributed by atoms with Crippen LogP contribution in [0.5, 0.6) is 0 Å². The van der Waals surface area contributed by atoms with E-state index in [1.54, 1.807) is 4.90 Å². The summed E-state index contributed by atoms with van der Waals surface area (Å²) in [6.07, 6.45) is 1.23. The van der Waals surface area contributed by atoms with E-state index in [4.69, 9.17) is 0 Å². The maximum absolute atomic E-state index is 13.3. The van der Waals surface area contributed by atoms with Gasteiger partial charge in [-0.3, -0.25) is 9.69 Å². The quantitative estimate of drug-likeness (QED) is 0.643. The summed E-state index contributed by atoms with van der Waals surface area (Å²) in [5.41, 5.74) is 1.83. The molecule has 1 fully saturated rings. The maximum Gasteiger partial charge on any atom is 0.243 e. The highest BCUT2D eigenvalue weighted by molar-refractivity contribution is 7.89. The van der Waals surface area contributed by atoms with Crippen molar-refractivity contribution in [3.8, 4) is 0 Å². The molecule has 0 saturated carbocycles. The zero-order chi connectivity index (χ0) is 20.9. The molecule has 3 aromatic rings. The van der Waals surface area contributed by atoms with E-state index in [1.807, 2.05) is 28.8 Å². The summed E-state index contributed by atoms with van der Waals surface area (Å²) < 4.78 is 42.5. The van der Waals surface area contributed by atoms with Gasteiger partial charge in [-0.25, -0.2) is 17.8 Å². The van der Waals surface area contributed by atoms with Gasteiger partial charge in [0.15, 0.2) is 0 Å². The number of hydrogen-bond acceptors (Lipinski definition) is 4. The summed E-state index contributed by atoms with van der Waals surface area (Å²) in [4.78, 5) is 19.6. The van der Waals surface area contributed by atoms with Crippen molar-refractivity contribution in [1.29, 1.82) is 0 Å². The first kappa shape index (κ1) is 19.2. The van der Waals surface area contributed by atoms with Crippen LogP contribution in [0.2, 0.25) is 0 Å². The number of benzene rings is 2. The Hall–Kier alpha value is -2.78. The van der Waals surface area contributed by atoms with Crippen LogP contribution >= 0.6 is 0 Å². The molecule has 0 spiro atoms. The summed E-state index contributed by atoms with van der Waals surface area (Å²) >= 11 is 0. The molecule has 0 unspecified atom stereocenters. The second kappa shape index (κ2) is 7.17. The van der Waals surface area contributed by atoms with Gasteiger partial charge in [-0.15, -0.1) is 0 Å². The third-order valence-electron chi connectivity index (χ3n) is 5.87. The topological polar surface area (TPSA) is 75.5 Å². The normalized spacial score (nSPS) is 19.9. The lowest BCUT2D eigenvalue weighted by Gasteiger charge is -2.32. The van der Waals surface area contributed by atoms with Crippen LogP contribution in [0.1, 0.15) is 12.8 Å². The van der Waals surface area contributed by atoms with E-state index >= 15 is 0 Å². The Morgan fingerprint density at radius 3 is 2.60 bits per heavy atom. The van der Waals surface area contributed by atoms with E-state index in [1.165, 1.54) is 16.4 Å². The number of nitrogens with zero attached hydrogens (tertiary/aromatic N) is 4. The highest BCUT2D eigenvalue weighted by Crippen LogP contribution is 2.31. The zero-order valence-electron chi connectivity index (χ0n) is 16.2. The van der Waals surface area contributed by atoms with Gasteiger partial charge in [0.1, 0.15) is 5.82 Å². The second-order valence-corrected chi connectivity index (χ2v) is 9.64. The van der Waals surface area contributed by atoms with Crippen molar-refractivity contribution in [2.45, 2.75) is 24.3 Å². The zero-order valence-corrected chi connectivity index (χ0v) is 17.1. The van der Waals surface area contributed by atoms with Gasteiger partial charge in [0, 0.05) is 26.2 Å². The summed E-state index contributed by atoms with van der Waals surface area (Å²) in [5, 5.41) is 0. The van der Waals surface area contributed by atoms with E-state index in [-0.39, 0.29) is 17.3 Å². The molecule has 1 saturated heterocycles. The van der Waals surface area contributed by atoms with Crippen LogP contribution in [0.15, 0.2) is 53.4 Å². The molecule has 3 heterocycles. The maximum atomic E-state index is 13.3. The molecular weight excluding hydrogens is 407 g/mol. The fourth-order valence-corrected chi connectivity index (χ4v) is 5.86. The highest BCUT2D eigenvalue weighted by Gasteiger charge is 2.38. The van der Waals surface area contributed by atoms with Gasteiger partial charge in [-0.05, 0) is 49.2 Å². The molecule has 0 radical (unpaired) electrons. The predicted molar refractivity (Wildman–Crippen MR) is 110 cm³/mol. The van der Waals surface area contributed by atoms with Gasteiger partial charge >= 0.3 is 0 Å². The molecular formula is C21H21FN4O3S. The van der Waals surface area contributed by atoms with Gasteiger partial charge in [-0.1, -0.05) is 12.1 Å². The predicted octanol–water partition coefficient (Wildman–Crippen LogP) is 2.62. The molecule has 0 aliphatic carbocycles. The van der Waals surface area contributed by atoms with E-state index in [0.717, 1.165) is 23.2 Å². The second-order valence-electron chi connectivity index (χ2n) is 7.70. The standard InChI is InChI=1S/C21H21FN4O3S/c22-16-7-9-17(10-8-16)30(28,29)24-11-3-4-15(14-24)20(27)26-13-12-25-19-6-2-1-5-18(19)23-21(25)26/h1-2,5-10,15H,3-4,11-14H2/t15-/m1/s1. The van der Waals surface area contributed by atoms with Crippen LogP contribution in [-0.2, 0) is 21.4 Å². The number of carbonyl (C=O) groups excluding carboxylic acids is 1. The molecule has 2 aliphatic rings. The largest absolute Gasteiger partial charge is 0.308 e.